The van der Waals surface area contributed by atoms with Crippen molar-refractivity contribution in [2.75, 3.05) is 0 Å². The van der Waals surface area contributed by atoms with E-state index in [2.05, 4.69) is 44.4 Å². The van der Waals surface area contributed by atoms with E-state index < -0.39 is 17.8 Å². The first-order valence-corrected chi connectivity index (χ1v) is 11.7. The molecule has 0 amide bonds. The quantitative estimate of drug-likeness (QED) is 0.576. The lowest BCUT2D eigenvalue weighted by molar-refractivity contribution is 0.0861. The third-order valence-electron chi connectivity index (χ3n) is 7.81. The topological polar surface area (TPSA) is 60.7 Å². The lowest BCUT2D eigenvalue weighted by atomic mass is 9.61. The molecule has 0 aliphatic heterocycles. The summed E-state index contributed by atoms with van der Waals surface area (Å²) in [4.78, 5) is 0. The highest BCUT2D eigenvalue weighted by molar-refractivity contribution is 5.38. The second kappa shape index (κ2) is 9.03. The molecule has 3 nitrogen and oxygen atoms in total. The fraction of sp³-hybridized carbons (Fsp3) is 0.704. The predicted octanol–water partition coefficient (Wildman–Crippen LogP) is 4.93. The minimum Gasteiger partial charge on any atom is -0.393 e. The largest absolute Gasteiger partial charge is 0.393 e. The highest BCUT2D eigenvalue weighted by atomic mass is 16.3. The van der Waals surface area contributed by atoms with Gasteiger partial charge < -0.3 is 15.3 Å². The van der Waals surface area contributed by atoms with Crippen LogP contribution in [0, 0.1) is 35.0 Å². The molecule has 0 bridgehead atoms. The summed E-state index contributed by atoms with van der Waals surface area (Å²) >= 11 is 0. The van der Waals surface area contributed by atoms with Crippen LogP contribution in [0.4, 0.5) is 0 Å². The summed E-state index contributed by atoms with van der Waals surface area (Å²) in [5, 5.41) is 30.0. The average Bonchev–Trinajstić information content (AvgIpc) is 3.00. The molecule has 0 radical (unpaired) electrons. The molecule has 6 atom stereocenters. The summed E-state index contributed by atoms with van der Waals surface area (Å²) in [6, 6.07) is 0. The van der Waals surface area contributed by atoms with E-state index in [9.17, 15) is 15.3 Å². The van der Waals surface area contributed by atoms with E-state index in [0.717, 1.165) is 24.0 Å². The van der Waals surface area contributed by atoms with Crippen molar-refractivity contribution < 1.29 is 15.3 Å². The van der Waals surface area contributed by atoms with Crippen LogP contribution in [0.15, 0.2) is 35.5 Å². The number of hydrogen-bond donors (Lipinski definition) is 3. The Morgan fingerprint density at radius 1 is 1.27 bits per heavy atom. The van der Waals surface area contributed by atoms with Gasteiger partial charge in [-0.1, -0.05) is 44.1 Å². The van der Waals surface area contributed by atoms with Crippen LogP contribution in [0.5, 0.6) is 0 Å². The van der Waals surface area contributed by atoms with Gasteiger partial charge in [0.15, 0.2) is 0 Å². The van der Waals surface area contributed by atoms with Gasteiger partial charge >= 0.3 is 0 Å². The van der Waals surface area contributed by atoms with Gasteiger partial charge in [-0.05, 0) is 86.7 Å². The molecule has 0 heterocycles. The number of fused-ring (bicyclic) bond motifs is 1. The Balaban J connectivity index is 1.75. The number of allylic oxidation sites excluding steroid dienone is 3. The fourth-order valence-corrected chi connectivity index (χ4v) is 6.25. The van der Waals surface area contributed by atoms with E-state index in [1.54, 1.807) is 13.8 Å². The summed E-state index contributed by atoms with van der Waals surface area (Å²) in [5.74, 6) is 7.98. The first-order valence-electron chi connectivity index (χ1n) is 11.7. The zero-order chi connectivity index (χ0) is 22.1. The van der Waals surface area contributed by atoms with Gasteiger partial charge in [0.1, 0.15) is 5.60 Å². The number of rotatable bonds is 3. The molecule has 3 heteroatoms. The molecule has 0 saturated heterocycles. The Morgan fingerprint density at radius 2 is 2.00 bits per heavy atom. The van der Waals surface area contributed by atoms with E-state index in [-0.39, 0.29) is 0 Å². The summed E-state index contributed by atoms with van der Waals surface area (Å²) in [6.07, 6.45) is 11.2. The number of aliphatic hydroxyl groups excluding tert-OH is 2. The van der Waals surface area contributed by atoms with E-state index in [1.165, 1.54) is 31.3 Å². The minimum absolute atomic E-state index is 0.307. The highest BCUT2D eigenvalue weighted by Gasteiger charge is 2.50. The lowest BCUT2D eigenvalue weighted by Gasteiger charge is -2.44. The van der Waals surface area contributed by atoms with Crippen LogP contribution in [0.25, 0.3) is 0 Å². The van der Waals surface area contributed by atoms with Gasteiger partial charge in [-0.25, -0.2) is 0 Å². The number of aliphatic hydroxyl groups is 3. The molecule has 3 saturated carbocycles. The van der Waals surface area contributed by atoms with Crippen molar-refractivity contribution in [1.82, 2.24) is 0 Å². The molecule has 3 rings (SSSR count). The van der Waals surface area contributed by atoms with Gasteiger partial charge in [0.05, 0.1) is 12.2 Å². The Hall–Kier alpha value is -1.34. The van der Waals surface area contributed by atoms with E-state index in [1.807, 2.05) is 0 Å². The SMILES string of the molecule is C=C1/C(=C\C=C2/CCC[C@]3(C)C([C@H](C)CC#CC(C)(C)O)CC[C@@H]23)C[C@@H](O)C[C@@H]1O. The first-order chi connectivity index (χ1) is 14.0. The van der Waals surface area contributed by atoms with Gasteiger partial charge in [0, 0.05) is 12.8 Å². The van der Waals surface area contributed by atoms with Crippen molar-refractivity contribution in [2.24, 2.45) is 23.2 Å². The third kappa shape index (κ3) is 5.10. The molecule has 0 aromatic heterocycles. The molecule has 166 valence electrons. The molecular formula is C27H40O3. The summed E-state index contributed by atoms with van der Waals surface area (Å²) in [6.45, 7) is 12.3. The van der Waals surface area contributed by atoms with Crippen LogP contribution in [0.1, 0.15) is 79.1 Å². The molecular weight excluding hydrogens is 372 g/mol. The lowest BCUT2D eigenvalue weighted by Crippen LogP contribution is -2.36. The van der Waals surface area contributed by atoms with Crippen LogP contribution in [-0.2, 0) is 0 Å². The second-order valence-electron chi connectivity index (χ2n) is 10.7. The second-order valence-corrected chi connectivity index (χ2v) is 10.7. The van der Waals surface area contributed by atoms with E-state index in [0.29, 0.717) is 36.0 Å². The van der Waals surface area contributed by atoms with Gasteiger partial charge in [-0.3, -0.25) is 0 Å². The Morgan fingerprint density at radius 3 is 2.70 bits per heavy atom. The fourth-order valence-electron chi connectivity index (χ4n) is 6.25. The number of hydrogen-bond acceptors (Lipinski definition) is 3. The molecule has 3 aliphatic rings. The minimum atomic E-state index is -0.916. The zero-order valence-corrected chi connectivity index (χ0v) is 19.2. The third-order valence-corrected chi connectivity index (χ3v) is 7.81. The molecule has 0 spiro atoms. The monoisotopic (exact) mass is 412 g/mol. The van der Waals surface area contributed by atoms with Crippen LogP contribution >= 0.6 is 0 Å². The summed E-state index contributed by atoms with van der Waals surface area (Å²) < 4.78 is 0. The summed E-state index contributed by atoms with van der Waals surface area (Å²) in [7, 11) is 0. The van der Waals surface area contributed by atoms with Crippen LogP contribution in [0.3, 0.4) is 0 Å². The Kier molecular flexibility index (Phi) is 7.02. The molecule has 3 fully saturated rings. The molecule has 30 heavy (non-hydrogen) atoms. The molecule has 1 unspecified atom stereocenters. The van der Waals surface area contributed by atoms with Crippen molar-refractivity contribution in [3.8, 4) is 11.8 Å². The molecule has 3 aliphatic carbocycles. The van der Waals surface area contributed by atoms with Gasteiger partial charge in [-0.2, -0.15) is 0 Å². The van der Waals surface area contributed by atoms with Crippen LogP contribution in [0.2, 0.25) is 0 Å². The maximum absolute atomic E-state index is 10.1. The van der Waals surface area contributed by atoms with Crippen molar-refractivity contribution in [2.45, 2.75) is 96.9 Å². The maximum atomic E-state index is 10.1. The zero-order valence-electron chi connectivity index (χ0n) is 19.2. The standard InChI is InChI=1S/C27H40O3/c1-18(8-6-14-26(3,4)30)23-12-13-24-20(9-7-15-27(23,24)5)10-11-21-16-22(28)17-25(29)19(21)2/h10-11,18,22-25,28-30H,2,7-9,12-13,15-17H2,1,3-5H3/b20-10+,21-11-/t18-,22-,23?,24+,25+,27-/m1/s1. The average molecular weight is 413 g/mol. The first kappa shape index (κ1) is 23.3. The van der Waals surface area contributed by atoms with E-state index in [4.69, 9.17) is 0 Å². The van der Waals surface area contributed by atoms with E-state index >= 15 is 0 Å². The molecule has 0 aromatic rings. The van der Waals surface area contributed by atoms with Gasteiger partial charge in [-0.15, -0.1) is 5.92 Å². The Bertz CT molecular complexity index is 772. The maximum Gasteiger partial charge on any atom is 0.119 e. The van der Waals surface area contributed by atoms with Gasteiger partial charge in [0.25, 0.3) is 0 Å². The van der Waals surface area contributed by atoms with Crippen molar-refractivity contribution in [3.05, 3.63) is 35.5 Å². The van der Waals surface area contributed by atoms with Crippen molar-refractivity contribution in [3.63, 3.8) is 0 Å². The van der Waals surface area contributed by atoms with Crippen molar-refractivity contribution in [1.29, 1.82) is 0 Å². The normalized spacial score (nSPS) is 38.3. The molecule has 3 N–H and O–H groups in total. The van der Waals surface area contributed by atoms with Crippen molar-refractivity contribution >= 4 is 0 Å². The smallest absolute Gasteiger partial charge is 0.119 e. The summed E-state index contributed by atoms with van der Waals surface area (Å²) in [5.41, 5.74) is 2.67. The molecule has 0 aromatic carbocycles. The van der Waals surface area contributed by atoms with Crippen LogP contribution in [-0.4, -0.2) is 33.1 Å². The van der Waals surface area contributed by atoms with Gasteiger partial charge in [0.2, 0.25) is 0 Å². The highest BCUT2D eigenvalue weighted by Crippen LogP contribution is 2.59. The Labute approximate surface area is 183 Å². The van der Waals surface area contributed by atoms with Crippen LogP contribution < -0.4 is 0 Å². The predicted molar refractivity (Wildman–Crippen MR) is 123 cm³/mol.